The number of ether oxygens (including phenoxy) is 2. The molecule has 0 aromatic heterocycles. The van der Waals surface area contributed by atoms with Crippen molar-refractivity contribution in [3.63, 3.8) is 0 Å². The normalized spacial score (nSPS) is 14.7. The Hall–Kier alpha value is -3.03. The summed E-state index contributed by atoms with van der Waals surface area (Å²) in [5, 5.41) is 2.82. The molecule has 0 fully saturated rings. The SMILES string of the molecule is CC(C)(C)NC(=O)C1=CN(C(=O)OCc2ccccc2)CCN1C(=O)OC(C)(C)C. The minimum atomic E-state index is -0.714. The van der Waals surface area contributed by atoms with Gasteiger partial charge in [-0.3, -0.25) is 14.6 Å². The summed E-state index contributed by atoms with van der Waals surface area (Å²) in [6, 6.07) is 9.30. The van der Waals surface area contributed by atoms with Crippen LogP contribution in [0.2, 0.25) is 0 Å². The number of nitrogens with one attached hydrogen (secondary N) is 1. The first-order valence-electron chi connectivity index (χ1n) is 9.88. The predicted octanol–water partition coefficient (Wildman–Crippen LogP) is 3.63. The topological polar surface area (TPSA) is 88.2 Å². The molecule has 0 bridgehead atoms. The van der Waals surface area contributed by atoms with Crippen LogP contribution in [0.4, 0.5) is 9.59 Å². The zero-order valence-corrected chi connectivity index (χ0v) is 18.5. The Morgan fingerprint density at radius 2 is 1.60 bits per heavy atom. The molecule has 3 amide bonds. The lowest BCUT2D eigenvalue weighted by Gasteiger charge is -2.35. The third-order valence-corrected chi connectivity index (χ3v) is 3.91. The highest BCUT2D eigenvalue weighted by molar-refractivity contribution is 5.97. The van der Waals surface area contributed by atoms with Crippen LogP contribution in [0.15, 0.2) is 42.2 Å². The molecule has 8 nitrogen and oxygen atoms in total. The Bertz CT molecular complexity index is 806. The van der Waals surface area contributed by atoms with Crippen molar-refractivity contribution in [3.8, 4) is 0 Å². The second-order valence-electron chi connectivity index (χ2n) is 9.08. The Morgan fingerprint density at radius 1 is 0.967 bits per heavy atom. The number of carbonyl (C=O) groups excluding carboxylic acids is 3. The van der Waals surface area contributed by atoms with Crippen LogP contribution in [0.5, 0.6) is 0 Å². The van der Waals surface area contributed by atoms with Gasteiger partial charge in [-0.25, -0.2) is 9.59 Å². The van der Waals surface area contributed by atoms with Gasteiger partial charge >= 0.3 is 12.2 Å². The average Bonchev–Trinajstić information content (AvgIpc) is 2.63. The summed E-state index contributed by atoms with van der Waals surface area (Å²) in [6.07, 6.45) is 0.0980. The highest BCUT2D eigenvalue weighted by Crippen LogP contribution is 2.20. The van der Waals surface area contributed by atoms with Crippen LogP contribution in [-0.4, -0.2) is 52.1 Å². The van der Waals surface area contributed by atoms with E-state index in [2.05, 4.69) is 5.32 Å². The Labute approximate surface area is 177 Å². The molecular formula is C22H31N3O5. The zero-order valence-electron chi connectivity index (χ0n) is 18.5. The summed E-state index contributed by atoms with van der Waals surface area (Å²) < 4.78 is 10.8. The van der Waals surface area contributed by atoms with Crippen LogP contribution in [0.25, 0.3) is 0 Å². The van der Waals surface area contributed by atoms with E-state index in [4.69, 9.17) is 9.47 Å². The van der Waals surface area contributed by atoms with Crippen LogP contribution in [0, 0.1) is 0 Å². The number of amides is 3. The van der Waals surface area contributed by atoms with Crippen LogP contribution in [0.3, 0.4) is 0 Å². The average molecular weight is 418 g/mol. The second kappa shape index (κ2) is 9.19. The van der Waals surface area contributed by atoms with Crippen molar-refractivity contribution >= 4 is 18.1 Å². The van der Waals surface area contributed by atoms with Crippen molar-refractivity contribution < 1.29 is 23.9 Å². The summed E-state index contributed by atoms with van der Waals surface area (Å²) in [7, 11) is 0. The van der Waals surface area contributed by atoms with Crippen molar-refractivity contribution in [2.45, 2.75) is 59.3 Å². The highest BCUT2D eigenvalue weighted by atomic mass is 16.6. The van der Waals surface area contributed by atoms with Gasteiger partial charge in [0.05, 0.1) is 0 Å². The lowest BCUT2D eigenvalue weighted by molar-refractivity contribution is -0.120. The van der Waals surface area contributed by atoms with Gasteiger partial charge in [0.1, 0.15) is 17.9 Å². The molecule has 0 atom stereocenters. The first kappa shape index (κ1) is 23.3. The molecule has 1 aromatic carbocycles. The van der Waals surface area contributed by atoms with E-state index in [1.54, 1.807) is 20.8 Å². The third kappa shape index (κ3) is 7.09. The van der Waals surface area contributed by atoms with Gasteiger partial charge < -0.3 is 14.8 Å². The highest BCUT2D eigenvalue weighted by Gasteiger charge is 2.34. The zero-order chi connectivity index (χ0) is 22.5. The lowest BCUT2D eigenvalue weighted by Crippen LogP contribution is -2.51. The standard InChI is InChI=1S/C22H31N3O5/c1-21(2,3)23-18(26)17-14-24(12-13-25(17)20(28)30-22(4,5)6)19(27)29-15-16-10-8-7-9-11-16/h7-11,14H,12-13,15H2,1-6H3,(H,23,26). The summed E-state index contributed by atoms with van der Waals surface area (Å²) in [5.41, 5.74) is -0.350. The fourth-order valence-electron chi connectivity index (χ4n) is 2.65. The van der Waals surface area contributed by atoms with Crippen LogP contribution >= 0.6 is 0 Å². The number of hydrogen-bond acceptors (Lipinski definition) is 5. The molecule has 164 valence electrons. The van der Waals surface area contributed by atoms with E-state index in [9.17, 15) is 14.4 Å². The van der Waals surface area contributed by atoms with E-state index in [-0.39, 0.29) is 25.4 Å². The number of benzene rings is 1. The van der Waals surface area contributed by atoms with Gasteiger partial charge in [-0.2, -0.15) is 0 Å². The first-order chi connectivity index (χ1) is 13.9. The van der Waals surface area contributed by atoms with Gasteiger partial charge in [-0.05, 0) is 47.1 Å². The van der Waals surface area contributed by atoms with Crippen LogP contribution in [0.1, 0.15) is 47.1 Å². The smallest absolute Gasteiger partial charge is 0.415 e. The van der Waals surface area contributed by atoms with Crippen molar-refractivity contribution in [1.29, 1.82) is 0 Å². The van der Waals surface area contributed by atoms with Crippen LogP contribution < -0.4 is 5.32 Å². The van der Waals surface area contributed by atoms with Gasteiger partial charge in [0.15, 0.2) is 0 Å². The maximum absolute atomic E-state index is 12.8. The molecule has 0 aliphatic carbocycles. The monoisotopic (exact) mass is 417 g/mol. The fourth-order valence-corrected chi connectivity index (χ4v) is 2.65. The quantitative estimate of drug-likeness (QED) is 0.811. The molecule has 8 heteroatoms. The molecule has 0 spiro atoms. The molecular weight excluding hydrogens is 386 g/mol. The van der Waals surface area contributed by atoms with E-state index < -0.39 is 29.2 Å². The Kier molecular flexibility index (Phi) is 7.12. The fraction of sp³-hybridized carbons (Fsp3) is 0.500. The number of nitrogens with zero attached hydrogens (tertiary/aromatic N) is 2. The van der Waals surface area contributed by atoms with E-state index in [1.165, 1.54) is 16.0 Å². The molecule has 0 unspecified atom stereocenters. The molecule has 30 heavy (non-hydrogen) atoms. The van der Waals surface area contributed by atoms with E-state index in [0.29, 0.717) is 0 Å². The van der Waals surface area contributed by atoms with E-state index in [0.717, 1.165) is 5.56 Å². The van der Waals surface area contributed by atoms with Crippen molar-refractivity contribution in [2.24, 2.45) is 0 Å². The van der Waals surface area contributed by atoms with Gasteiger partial charge in [0, 0.05) is 24.8 Å². The summed E-state index contributed by atoms with van der Waals surface area (Å²) in [5.74, 6) is -0.478. The maximum Gasteiger partial charge on any atom is 0.415 e. The van der Waals surface area contributed by atoms with Crippen molar-refractivity contribution in [2.75, 3.05) is 13.1 Å². The predicted molar refractivity (Wildman–Crippen MR) is 112 cm³/mol. The Balaban J connectivity index is 2.19. The molecule has 0 saturated heterocycles. The van der Waals surface area contributed by atoms with E-state index in [1.807, 2.05) is 51.1 Å². The molecule has 1 aliphatic rings. The molecule has 2 rings (SSSR count). The van der Waals surface area contributed by atoms with Crippen LogP contribution in [-0.2, 0) is 20.9 Å². The maximum atomic E-state index is 12.8. The van der Waals surface area contributed by atoms with Gasteiger partial charge in [0.2, 0.25) is 0 Å². The summed E-state index contributed by atoms with van der Waals surface area (Å²) in [4.78, 5) is 40.5. The molecule has 1 heterocycles. The minimum absolute atomic E-state index is 0.0297. The second-order valence-corrected chi connectivity index (χ2v) is 9.08. The minimum Gasteiger partial charge on any atom is -0.444 e. The number of rotatable bonds is 3. The molecule has 1 aromatic rings. The largest absolute Gasteiger partial charge is 0.444 e. The third-order valence-electron chi connectivity index (χ3n) is 3.91. The van der Waals surface area contributed by atoms with Gasteiger partial charge in [-0.1, -0.05) is 30.3 Å². The Morgan fingerprint density at radius 3 is 2.17 bits per heavy atom. The van der Waals surface area contributed by atoms with Crippen molar-refractivity contribution in [1.82, 2.24) is 15.1 Å². The summed E-state index contributed by atoms with van der Waals surface area (Å²) >= 11 is 0. The first-order valence-corrected chi connectivity index (χ1v) is 9.88. The molecule has 0 saturated carbocycles. The number of hydrogen-bond donors (Lipinski definition) is 1. The van der Waals surface area contributed by atoms with E-state index >= 15 is 0 Å². The molecule has 1 N–H and O–H groups in total. The molecule has 0 radical (unpaired) electrons. The lowest BCUT2D eigenvalue weighted by atomic mass is 10.1. The molecule has 1 aliphatic heterocycles. The van der Waals surface area contributed by atoms with Crippen molar-refractivity contribution in [3.05, 3.63) is 47.8 Å². The van der Waals surface area contributed by atoms with Gasteiger partial charge in [0.25, 0.3) is 5.91 Å². The number of carbonyl (C=O) groups is 3. The summed E-state index contributed by atoms with van der Waals surface area (Å²) in [6.45, 7) is 11.2. The van der Waals surface area contributed by atoms with Gasteiger partial charge in [-0.15, -0.1) is 0 Å².